The summed E-state index contributed by atoms with van der Waals surface area (Å²) in [6, 6.07) is 24.9. The van der Waals surface area contributed by atoms with Crippen molar-refractivity contribution < 1.29 is 0 Å². The number of aryl methyl sites for hydroxylation is 1. The molecule has 0 radical (unpaired) electrons. The van der Waals surface area contributed by atoms with Crippen LogP contribution in [-0.2, 0) is 0 Å². The normalized spacial score (nSPS) is 11.3. The summed E-state index contributed by atoms with van der Waals surface area (Å²) >= 11 is 0. The van der Waals surface area contributed by atoms with E-state index in [2.05, 4.69) is 64.6 Å². The quantitative estimate of drug-likeness (QED) is 0.446. The molecule has 0 aliphatic carbocycles. The van der Waals surface area contributed by atoms with Crippen molar-refractivity contribution in [1.29, 1.82) is 0 Å². The Morgan fingerprint density at radius 2 is 1.42 bits per heavy atom. The van der Waals surface area contributed by atoms with Crippen LogP contribution < -0.4 is 0 Å². The maximum Gasteiger partial charge on any atom is 0.0730 e. The molecule has 0 spiro atoms. The number of aromatic amines is 1. The van der Waals surface area contributed by atoms with Gasteiger partial charge in [-0.2, -0.15) is 0 Å². The second-order valence-corrected chi connectivity index (χ2v) is 6.48. The summed E-state index contributed by atoms with van der Waals surface area (Å²) < 4.78 is 0. The van der Waals surface area contributed by atoms with E-state index in [1.807, 2.05) is 31.3 Å². The van der Waals surface area contributed by atoms with Crippen LogP contribution >= 0.6 is 0 Å². The number of hydrogen-bond donors (Lipinski definition) is 1. The third-order valence-corrected chi connectivity index (χ3v) is 4.73. The molecule has 3 aromatic heterocycles. The fourth-order valence-corrected chi connectivity index (χ4v) is 3.54. The van der Waals surface area contributed by atoms with Crippen molar-refractivity contribution in [2.45, 2.75) is 6.92 Å². The van der Waals surface area contributed by atoms with E-state index in [1.165, 1.54) is 5.39 Å². The predicted octanol–water partition coefficient (Wildman–Crippen LogP) is 5.75. The molecule has 0 fully saturated rings. The molecule has 0 saturated heterocycles. The summed E-state index contributed by atoms with van der Waals surface area (Å²) in [5.41, 5.74) is 7.31. The van der Waals surface area contributed by atoms with Gasteiger partial charge in [-0.3, -0.25) is 4.98 Å². The summed E-state index contributed by atoms with van der Waals surface area (Å²) in [4.78, 5) is 13.0. The summed E-state index contributed by atoms with van der Waals surface area (Å²) in [5, 5.41) is 2.31. The molecule has 3 heteroatoms. The minimum Gasteiger partial charge on any atom is -0.360 e. The number of nitrogens with one attached hydrogen (secondary N) is 1. The van der Waals surface area contributed by atoms with E-state index in [0.29, 0.717) is 0 Å². The fraction of sp³-hybridized carbons (Fsp3) is 0.0435. The van der Waals surface area contributed by atoms with E-state index in [1.54, 1.807) is 0 Å². The summed E-state index contributed by atoms with van der Waals surface area (Å²) in [5.74, 6) is 0. The Morgan fingerprint density at radius 1 is 0.692 bits per heavy atom. The first-order valence-corrected chi connectivity index (χ1v) is 8.70. The molecule has 0 saturated carbocycles. The molecule has 2 aromatic carbocycles. The zero-order chi connectivity index (χ0) is 17.5. The highest BCUT2D eigenvalue weighted by atomic mass is 14.7. The van der Waals surface area contributed by atoms with Gasteiger partial charge < -0.3 is 4.98 Å². The van der Waals surface area contributed by atoms with Crippen molar-refractivity contribution in [2.24, 2.45) is 0 Å². The van der Waals surface area contributed by atoms with E-state index >= 15 is 0 Å². The monoisotopic (exact) mass is 335 g/mol. The number of H-pyrrole nitrogens is 1. The number of benzene rings is 2. The molecule has 0 bridgehead atoms. The summed E-state index contributed by atoms with van der Waals surface area (Å²) in [6.07, 6.45) is 2.03. The Labute approximate surface area is 151 Å². The second kappa shape index (κ2) is 5.81. The Hall–Kier alpha value is -3.46. The highest BCUT2D eigenvalue weighted by molar-refractivity contribution is 5.96. The smallest absolute Gasteiger partial charge is 0.0730 e. The minimum atomic E-state index is 0.967. The van der Waals surface area contributed by atoms with Crippen LogP contribution in [0.2, 0.25) is 0 Å². The van der Waals surface area contributed by atoms with Crippen molar-refractivity contribution in [3.8, 4) is 22.5 Å². The van der Waals surface area contributed by atoms with E-state index in [0.717, 1.165) is 44.6 Å². The molecule has 26 heavy (non-hydrogen) atoms. The van der Waals surface area contributed by atoms with Gasteiger partial charge in [-0.25, -0.2) is 4.98 Å². The zero-order valence-corrected chi connectivity index (χ0v) is 14.4. The first-order chi connectivity index (χ1) is 12.8. The van der Waals surface area contributed by atoms with Gasteiger partial charge in [-0.1, -0.05) is 42.5 Å². The number of aromatic nitrogens is 3. The third kappa shape index (κ3) is 2.37. The maximum absolute atomic E-state index is 4.98. The average molecular weight is 335 g/mol. The van der Waals surface area contributed by atoms with Crippen molar-refractivity contribution >= 4 is 21.8 Å². The lowest BCUT2D eigenvalue weighted by atomic mass is 10.0. The molecule has 0 aliphatic heterocycles. The van der Waals surface area contributed by atoms with Gasteiger partial charge in [-0.05, 0) is 37.3 Å². The molecule has 5 rings (SSSR count). The van der Waals surface area contributed by atoms with Crippen LogP contribution in [0.4, 0.5) is 0 Å². The summed E-state index contributed by atoms with van der Waals surface area (Å²) in [6.45, 7) is 2.03. The van der Waals surface area contributed by atoms with Crippen molar-refractivity contribution in [2.75, 3.05) is 0 Å². The lowest BCUT2D eigenvalue weighted by molar-refractivity contribution is 1.24. The van der Waals surface area contributed by atoms with Crippen LogP contribution in [0.1, 0.15) is 5.69 Å². The van der Waals surface area contributed by atoms with Crippen molar-refractivity contribution in [3.05, 3.63) is 84.7 Å². The molecule has 0 amide bonds. The van der Waals surface area contributed by atoms with Gasteiger partial charge >= 0.3 is 0 Å². The number of rotatable bonds is 2. The lowest BCUT2D eigenvalue weighted by Crippen LogP contribution is -1.92. The molecule has 0 atom stereocenters. The van der Waals surface area contributed by atoms with E-state index < -0.39 is 0 Å². The molecule has 1 N–H and O–H groups in total. The first kappa shape index (κ1) is 14.8. The summed E-state index contributed by atoms with van der Waals surface area (Å²) in [7, 11) is 0. The Morgan fingerprint density at radius 3 is 2.31 bits per heavy atom. The van der Waals surface area contributed by atoms with Crippen molar-refractivity contribution in [1.82, 2.24) is 15.0 Å². The van der Waals surface area contributed by atoms with Gasteiger partial charge in [0, 0.05) is 39.3 Å². The highest BCUT2D eigenvalue weighted by Gasteiger charge is 2.11. The van der Waals surface area contributed by atoms with E-state index in [9.17, 15) is 0 Å². The van der Waals surface area contributed by atoms with Gasteiger partial charge in [0.15, 0.2) is 0 Å². The van der Waals surface area contributed by atoms with Gasteiger partial charge in [0.05, 0.1) is 16.9 Å². The van der Waals surface area contributed by atoms with Gasteiger partial charge in [0.2, 0.25) is 0 Å². The zero-order valence-electron chi connectivity index (χ0n) is 14.4. The van der Waals surface area contributed by atoms with Crippen LogP contribution in [0.15, 0.2) is 79.0 Å². The number of fused-ring (bicyclic) bond motifs is 2. The van der Waals surface area contributed by atoms with Crippen LogP contribution in [0.5, 0.6) is 0 Å². The SMILES string of the molecule is Cc1cc(-c2cccc(-c3c[nH]c4ccccc34)n2)c2ccccc2n1. The van der Waals surface area contributed by atoms with E-state index in [-0.39, 0.29) is 0 Å². The standard InChI is InChI=1S/C23H17N3/c1-15-13-18(16-7-3-5-10-21(16)25-15)22-11-6-12-23(26-22)19-14-24-20-9-4-2-8-17(19)20/h2-14,24H,1H3. The number of para-hydroxylation sites is 2. The minimum absolute atomic E-state index is 0.967. The highest BCUT2D eigenvalue weighted by Crippen LogP contribution is 2.31. The fourth-order valence-electron chi connectivity index (χ4n) is 3.54. The van der Waals surface area contributed by atoms with Crippen LogP contribution in [0.3, 0.4) is 0 Å². The predicted molar refractivity (Wildman–Crippen MR) is 107 cm³/mol. The van der Waals surface area contributed by atoms with Crippen LogP contribution in [0.25, 0.3) is 44.3 Å². The number of pyridine rings is 2. The molecule has 0 aliphatic rings. The number of hydrogen-bond acceptors (Lipinski definition) is 2. The third-order valence-electron chi connectivity index (χ3n) is 4.73. The van der Waals surface area contributed by atoms with Crippen molar-refractivity contribution in [3.63, 3.8) is 0 Å². The first-order valence-electron chi connectivity index (χ1n) is 8.70. The average Bonchev–Trinajstić information content (AvgIpc) is 3.11. The molecule has 5 aromatic rings. The second-order valence-electron chi connectivity index (χ2n) is 6.48. The lowest BCUT2D eigenvalue weighted by Gasteiger charge is -2.09. The Balaban J connectivity index is 1.72. The topological polar surface area (TPSA) is 41.6 Å². The molecular formula is C23H17N3. The molecule has 3 heterocycles. The molecule has 0 unspecified atom stereocenters. The Bertz CT molecular complexity index is 1250. The molecule has 3 nitrogen and oxygen atoms in total. The Kier molecular flexibility index (Phi) is 3.32. The van der Waals surface area contributed by atoms with Gasteiger partial charge in [0.1, 0.15) is 0 Å². The number of nitrogens with zero attached hydrogens (tertiary/aromatic N) is 2. The van der Waals surface area contributed by atoms with E-state index in [4.69, 9.17) is 4.98 Å². The largest absolute Gasteiger partial charge is 0.360 e. The molecular weight excluding hydrogens is 318 g/mol. The van der Waals surface area contributed by atoms with Crippen LogP contribution in [-0.4, -0.2) is 15.0 Å². The molecule has 124 valence electrons. The maximum atomic E-state index is 4.98. The van der Waals surface area contributed by atoms with Gasteiger partial charge in [-0.15, -0.1) is 0 Å². The van der Waals surface area contributed by atoms with Crippen LogP contribution in [0, 0.1) is 6.92 Å². The van der Waals surface area contributed by atoms with Gasteiger partial charge in [0.25, 0.3) is 0 Å².